The van der Waals surface area contributed by atoms with Crippen LogP contribution in [-0.2, 0) is 4.79 Å². The highest BCUT2D eigenvalue weighted by Crippen LogP contribution is 2.15. The normalized spacial score (nSPS) is 20.3. The lowest BCUT2D eigenvalue weighted by Gasteiger charge is -2.04. The fourth-order valence-corrected chi connectivity index (χ4v) is 1.37. The molecule has 0 saturated heterocycles. The molecule has 10 heavy (non-hydrogen) atoms. The first kappa shape index (κ1) is 7.48. The number of carbonyl (C=O) groups is 1. The highest BCUT2D eigenvalue weighted by atomic mass is 16.1. The Morgan fingerprint density at radius 1 is 1.50 bits per heavy atom. The van der Waals surface area contributed by atoms with E-state index in [1.165, 1.54) is 5.57 Å². The topological polar surface area (TPSA) is 20.3 Å². The maximum Gasteiger partial charge on any atom is 0.157 e. The second kappa shape index (κ2) is 2.54. The van der Waals surface area contributed by atoms with Crippen LogP contribution in [0.5, 0.6) is 0 Å². The Kier molecular flexibility index (Phi) is 1.90. The average molecular weight is 139 g/mol. The van der Waals surface area contributed by atoms with Crippen LogP contribution >= 0.6 is 0 Å². The summed E-state index contributed by atoms with van der Waals surface area (Å²) in [7, 11) is 2.03. The fraction of sp³-hybridized carbons (Fsp3) is 0.625. The number of rotatable bonds is 1. The minimum absolute atomic E-state index is 0.224. The molecule has 0 aromatic carbocycles. The maximum absolute atomic E-state index is 10.9. The van der Waals surface area contributed by atoms with Crippen molar-refractivity contribution in [2.24, 2.45) is 0 Å². The lowest BCUT2D eigenvalue weighted by Crippen LogP contribution is -2.15. The molecule has 0 unspecified atom stereocenters. The van der Waals surface area contributed by atoms with Crippen molar-refractivity contribution < 1.29 is 4.79 Å². The number of Topliss-reactive ketones (excluding diaryl/α,β-unsaturated/α-hetero) is 1. The van der Waals surface area contributed by atoms with Crippen molar-refractivity contribution in [1.82, 2.24) is 4.90 Å². The van der Waals surface area contributed by atoms with Gasteiger partial charge in [0.25, 0.3) is 0 Å². The highest BCUT2D eigenvalue weighted by molar-refractivity contribution is 5.95. The second-order valence-electron chi connectivity index (χ2n) is 2.99. The van der Waals surface area contributed by atoms with Gasteiger partial charge >= 0.3 is 0 Å². The Balaban J connectivity index is 2.76. The Morgan fingerprint density at radius 3 is 2.30 bits per heavy atom. The van der Waals surface area contributed by atoms with Crippen LogP contribution in [0.15, 0.2) is 11.1 Å². The molecule has 1 heterocycles. The van der Waals surface area contributed by atoms with Gasteiger partial charge < -0.3 is 0 Å². The molecule has 1 aliphatic rings. The summed E-state index contributed by atoms with van der Waals surface area (Å²) in [6, 6.07) is 0. The minimum Gasteiger partial charge on any atom is -0.298 e. The van der Waals surface area contributed by atoms with Crippen LogP contribution in [0.3, 0.4) is 0 Å². The van der Waals surface area contributed by atoms with Gasteiger partial charge in [-0.1, -0.05) is 5.57 Å². The second-order valence-corrected chi connectivity index (χ2v) is 2.99. The van der Waals surface area contributed by atoms with E-state index in [2.05, 4.69) is 4.90 Å². The summed E-state index contributed by atoms with van der Waals surface area (Å²) in [6.07, 6.45) is 0. The summed E-state index contributed by atoms with van der Waals surface area (Å²) in [5.74, 6) is 0.224. The van der Waals surface area contributed by atoms with Crippen molar-refractivity contribution in [2.45, 2.75) is 13.8 Å². The highest BCUT2D eigenvalue weighted by Gasteiger charge is 2.17. The molecule has 1 rings (SSSR count). The standard InChI is InChI=1S/C8H13NO/c1-6-4-9(3)5-8(6)7(2)10/h4-5H2,1-3H3. The van der Waals surface area contributed by atoms with E-state index in [-0.39, 0.29) is 5.78 Å². The molecule has 0 aromatic rings. The number of nitrogens with zero attached hydrogens (tertiary/aromatic N) is 1. The SMILES string of the molecule is CC(=O)C1=C(C)CN(C)C1. The molecule has 0 atom stereocenters. The van der Waals surface area contributed by atoms with Gasteiger partial charge in [0.1, 0.15) is 0 Å². The van der Waals surface area contributed by atoms with Crippen LogP contribution in [0, 0.1) is 0 Å². The van der Waals surface area contributed by atoms with E-state index in [0.717, 1.165) is 18.7 Å². The summed E-state index contributed by atoms with van der Waals surface area (Å²) in [5, 5.41) is 0. The number of likely N-dealkylation sites (N-methyl/N-ethyl adjacent to an activating group) is 1. The predicted octanol–water partition coefficient (Wildman–Crippen LogP) is 0.837. The third kappa shape index (κ3) is 1.27. The summed E-state index contributed by atoms with van der Waals surface area (Å²) in [4.78, 5) is 13.1. The van der Waals surface area contributed by atoms with Crippen LogP contribution in [0.2, 0.25) is 0 Å². The zero-order chi connectivity index (χ0) is 7.72. The van der Waals surface area contributed by atoms with Crippen molar-refractivity contribution in [3.05, 3.63) is 11.1 Å². The van der Waals surface area contributed by atoms with Crippen LogP contribution < -0.4 is 0 Å². The molecule has 0 bridgehead atoms. The first-order valence-corrected chi connectivity index (χ1v) is 3.49. The summed E-state index contributed by atoms with van der Waals surface area (Å²) in [5.41, 5.74) is 2.23. The van der Waals surface area contributed by atoms with Gasteiger partial charge in [0.15, 0.2) is 5.78 Å². The Bertz CT molecular complexity index is 193. The predicted molar refractivity (Wildman–Crippen MR) is 40.9 cm³/mol. The quantitative estimate of drug-likeness (QED) is 0.536. The van der Waals surface area contributed by atoms with Gasteiger partial charge in [0.05, 0.1) is 0 Å². The lowest BCUT2D eigenvalue weighted by atomic mass is 10.1. The minimum atomic E-state index is 0.224. The third-order valence-electron chi connectivity index (χ3n) is 1.88. The van der Waals surface area contributed by atoms with E-state index in [0.29, 0.717) is 0 Å². The van der Waals surface area contributed by atoms with Gasteiger partial charge in [-0.05, 0) is 20.9 Å². The van der Waals surface area contributed by atoms with E-state index < -0.39 is 0 Å². The van der Waals surface area contributed by atoms with Crippen molar-refractivity contribution in [1.29, 1.82) is 0 Å². The molecule has 0 amide bonds. The molecule has 0 fully saturated rings. The number of carbonyl (C=O) groups excluding carboxylic acids is 1. The molecule has 0 aliphatic carbocycles. The zero-order valence-corrected chi connectivity index (χ0v) is 6.77. The first-order valence-electron chi connectivity index (χ1n) is 3.49. The van der Waals surface area contributed by atoms with Gasteiger partial charge in [0, 0.05) is 18.7 Å². The molecule has 56 valence electrons. The van der Waals surface area contributed by atoms with E-state index in [4.69, 9.17) is 0 Å². The molecule has 2 nitrogen and oxygen atoms in total. The van der Waals surface area contributed by atoms with Gasteiger partial charge in [0.2, 0.25) is 0 Å². The maximum atomic E-state index is 10.9. The summed E-state index contributed by atoms with van der Waals surface area (Å²) < 4.78 is 0. The smallest absolute Gasteiger partial charge is 0.157 e. The monoisotopic (exact) mass is 139 g/mol. The molecule has 0 aromatic heterocycles. The Labute approximate surface area is 61.5 Å². The van der Waals surface area contributed by atoms with Crippen LogP contribution in [-0.4, -0.2) is 30.8 Å². The van der Waals surface area contributed by atoms with Crippen LogP contribution in [0.1, 0.15) is 13.8 Å². The van der Waals surface area contributed by atoms with E-state index in [1.54, 1.807) is 6.92 Å². The average Bonchev–Trinajstić information content (AvgIpc) is 2.10. The molecule has 2 heteroatoms. The Hall–Kier alpha value is -0.630. The number of hydrogen-bond acceptors (Lipinski definition) is 2. The number of hydrogen-bond donors (Lipinski definition) is 0. The van der Waals surface area contributed by atoms with Crippen LogP contribution in [0.25, 0.3) is 0 Å². The first-order chi connectivity index (χ1) is 4.61. The van der Waals surface area contributed by atoms with Crippen molar-refractivity contribution in [2.75, 3.05) is 20.1 Å². The third-order valence-corrected chi connectivity index (χ3v) is 1.88. The summed E-state index contributed by atoms with van der Waals surface area (Å²) >= 11 is 0. The number of ketones is 1. The van der Waals surface area contributed by atoms with Crippen molar-refractivity contribution in [3.8, 4) is 0 Å². The molecule has 0 saturated carbocycles. The van der Waals surface area contributed by atoms with Crippen molar-refractivity contribution >= 4 is 5.78 Å². The van der Waals surface area contributed by atoms with Gasteiger partial charge in [-0.25, -0.2) is 0 Å². The van der Waals surface area contributed by atoms with Gasteiger partial charge in [-0.15, -0.1) is 0 Å². The molecular formula is C8H13NO. The molecule has 0 spiro atoms. The molecule has 0 radical (unpaired) electrons. The molecular weight excluding hydrogens is 126 g/mol. The van der Waals surface area contributed by atoms with Crippen molar-refractivity contribution in [3.63, 3.8) is 0 Å². The molecule has 0 N–H and O–H groups in total. The van der Waals surface area contributed by atoms with Crippen LogP contribution in [0.4, 0.5) is 0 Å². The van der Waals surface area contributed by atoms with Gasteiger partial charge in [-0.2, -0.15) is 0 Å². The largest absolute Gasteiger partial charge is 0.298 e. The lowest BCUT2D eigenvalue weighted by molar-refractivity contribution is -0.113. The zero-order valence-electron chi connectivity index (χ0n) is 6.77. The van der Waals surface area contributed by atoms with Gasteiger partial charge in [-0.3, -0.25) is 9.69 Å². The van der Waals surface area contributed by atoms with E-state index in [1.807, 2.05) is 14.0 Å². The fourth-order valence-electron chi connectivity index (χ4n) is 1.37. The molecule has 1 aliphatic heterocycles. The van der Waals surface area contributed by atoms with E-state index in [9.17, 15) is 4.79 Å². The summed E-state index contributed by atoms with van der Waals surface area (Å²) in [6.45, 7) is 5.45. The Morgan fingerprint density at radius 2 is 2.10 bits per heavy atom. The van der Waals surface area contributed by atoms with E-state index >= 15 is 0 Å².